The zero-order chi connectivity index (χ0) is 17.5. The molecule has 2 aromatic rings. The van der Waals surface area contributed by atoms with Gasteiger partial charge in [-0.2, -0.15) is 0 Å². The molecule has 0 saturated carbocycles. The lowest BCUT2D eigenvalue weighted by Gasteiger charge is -2.15. The van der Waals surface area contributed by atoms with Crippen LogP contribution in [0.25, 0.3) is 0 Å². The molecule has 0 unspecified atom stereocenters. The molecule has 0 aromatic heterocycles. The van der Waals surface area contributed by atoms with Gasteiger partial charge in [0, 0.05) is 0 Å². The summed E-state index contributed by atoms with van der Waals surface area (Å²) in [7, 11) is 1.49. The Morgan fingerprint density at radius 2 is 1.92 bits per heavy atom. The third kappa shape index (κ3) is 4.81. The van der Waals surface area contributed by atoms with E-state index in [0.717, 1.165) is 0 Å². The summed E-state index contributed by atoms with van der Waals surface area (Å²) >= 11 is 0. The lowest BCUT2D eigenvalue weighted by atomic mass is 10.1. The van der Waals surface area contributed by atoms with Crippen LogP contribution in [-0.2, 0) is 20.7 Å². The van der Waals surface area contributed by atoms with Crippen LogP contribution in [0.5, 0.6) is 5.75 Å². The summed E-state index contributed by atoms with van der Waals surface area (Å²) in [5, 5.41) is 2.64. The van der Waals surface area contributed by atoms with Gasteiger partial charge in [-0.25, -0.2) is 4.39 Å². The van der Waals surface area contributed by atoms with Gasteiger partial charge in [0.25, 0.3) is 5.91 Å². The van der Waals surface area contributed by atoms with Crippen molar-refractivity contribution in [3.63, 3.8) is 0 Å². The normalized spacial score (nSPS) is 11.5. The highest BCUT2D eigenvalue weighted by Gasteiger charge is 2.19. The van der Waals surface area contributed by atoms with E-state index in [9.17, 15) is 14.0 Å². The third-order valence-electron chi connectivity index (χ3n) is 3.28. The number of benzene rings is 2. The Labute approximate surface area is 139 Å². The van der Waals surface area contributed by atoms with Gasteiger partial charge in [0.2, 0.25) is 0 Å². The van der Waals surface area contributed by atoms with Crippen LogP contribution >= 0.6 is 0 Å². The molecule has 0 fully saturated rings. The monoisotopic (exact) mass is 331 g/mol. The number of esters is 1. The molecule has 5 nitrogen and oxygen atoms in total. The minimum Gasteiger partial charge on any atom is -0.495 e. The third-order valence-corrected chi connectivity index (χ3v) is 3.28. The van der Waals surface area contributed by atoms with Crippen molar-refractivity contribution < 1.29 is 23.5 Å². The summed E-state index contributed by atoms with van der Waals surface area (Å²) in [5.74, 6) is -1.01. The fraction of sp³-hybridized carbons (Fsp3) is 0.222. The maximum absolute atomic E-state index is 13.1. The van der Waals surface area contributed by atoms with E-state index in [1.165, 1.54) is 32.2 Å². The molecule has 1 N–H and O–H groups in total. The van der Waals surface area contributed by atoms with Crippen LogP contribution in [0.3, 0.4) is 0 Å². The molecule has 0 aliphatic carbocycles. The number of anilines is 1. The molecule has 0 bridgehead atoms. The van der Waals surface area contributed by atoms with Crippen LogP contribution in [0.4, 0.5) is 10.1 Å². The number of hydrogen-bond acceptors (Lipinski definition) is 4. The van der Waals surface area contributed by atoms with E-state index in [1.807, 2.05) is 0 Å². The van der Waals surface area contributed by atoms with Gasteiger partial charge in [-0.1, -0.05) is 24.3 Å². The second kappa shape index (κ2) is 8.10. The van der Waals surface area contributed by atoms with Crippen molar-refractivity contribution >= 4 is 17.6 Å². The summed E-state index contributed by atoms with van der Waals surface area (Å²) in [4.78, 5) is 24.0. The average Bonchev–Trinajstić information content (AvgIpc) is 2.55. The van der Waals surface area contributed by atoms with Gasteiger partial charge in [-0.05, 0) is 36.8 Å². The summed E-state index contributed by atoms with van der Waals surface area (Å²) in [6.07, 6.45) is -1.10. The number of halogens is 1. The van der Waals surface area contributed by atoms with Crippen LogP contribution in [-0.4, -0.2) is 25.1 Å². The number of para-hydroxylation sites is 2. The highest BCUT2D eigenvalue weighted by atomic mass is 19.1. The smallest absolute Gasteiger partial charge is 0.311 e. The Kier molecular flexibility index (Phi) is 5.89. The average molecular weight is 331 g/mol. The van der Waals surface area contributed by atoms with Gasteiger partial charge in [-0.15, -0.1) is 0 Å². The number of nitrogens with one attached hydrogen (secondary N) is 1. The molecule has 2 rings (SSSR count). The first-order chi connectivity index (χ1) is 11.5. The van der Waals surface area contributed by atoms with E-state index in [1.54, 1.807) is 30.3 Å². The molecule has 0 aliphatic rings. The molecule has 0 saturated heterocycles. The maximum Gasteiger partial charge on any atom is 0.311 e. The van der Waals surface area contributed by atoms with Crippen LogP contribution in [0, 0.1) is 5.82 Å². The van der Waals surface area contributed by atoms with E-state index < -0.39 is 23.8 Å². The number of carbonyl (C=O) groups excluding carboxylic acids is 2. The Morgan fingerprint density at radius 3 is 2.62 bits per heavy atom. The van der Waals surface area contributed by atoms with Gasteiger partial charge in [-0.3, -0.25) is 9.59 Å². The SMILES string of the molecule is COc1ccccc1NC(=O)[C@H](C)OC(=O)Cc1cccc(F)c1. The molecule has 1 amide bonds. The zero-order valence-corrected chi connectivity index (χ0v) is 13.4. The molecule has 0 radical (unpaired) electrons. The van der Waals surface area contributed by atoms with Gasteiger partial charge in [0.1, 0.15) is 11.6 Å². The number of amides is 1. The van der Waals surface area contributed by atoms with Crippen molar-refractivity contribution in [1.29, 1.82) is 0 Å². The summed E-state index contributed by atoms with van der Waals surface area (Å²) in [6, 6.07) is 12.6. The summed E-state index contributed by atoms with van der Waals surface area (Å²) < 4.78 is 23.3. The number of rotatable bonds is 6. The standard InChI is InChI=1S/C18H18FNO4/c1-12(18(22)20-15-8-3-4-9-16(15)23-2)24-17(21)11-13-6-5-7-14(19)10-13/h3-10,12H,11H2,1-2H3,(H,20,22)/t12-/m0/s1. The van der Waals surface area contributed by atoms with E-state index >= 15 is 0 Å². The quantitative estimate of drug-likeness (QED) is 0.827. The van der Waals surface area contributed by atoms with Crippen LogP contribution < -0.4 is 10.1 Å². The molecule has 0 heterocycles. The lowest BCUT2D eigenvalue weighted by molar-refractivity contribution is -0.152. The Balaban J connectivity index is 1.92. The topological polar surface area (TPSA) is 64.6 Å². The van der Waals surface area contributed by atoms with E-state index in [0.29, 0.717) is 17.0 Å². The van der Waals surface area contributed by atoms with Gasteiger partial charge in [0.15, 0.2) is 6.10 Å². The Bertz CT molecular complexity index is 732. The second-order valence-corrected chi connectivity index (χ2v) is 5.13. The van der Waals surface area contributed by atoms with E-state index in [-0.39, 0.29) is 6.42 Å². The van der Waals surface area contributed by atoms with Crippen molar-refractivity contribution in [2.75, 3.05) is 12.4 Å². The van der Waals surface area contributed by atoms with Crippen LogP contribution in [0.1, 0.15) is 12.5 Å². The fourth-order valence-electron chi connectivity index (χ4n) is 2.09. The summed E-state index contributed by atoms with van der Waals surface area (Å²) in [5.41, 5.74) is 0.968. The number of ether oxygens (including phenoxy) is 2. The first-order valence-corrected chi connectivity index (χ1v) is 7.37. The molecular weight excluding hydrogens is 313 g/mol. The first-order valence-electron chi connectivity index (χ1n) is 7.37. The number of methoxy groups -OCH3 is 1. The maximum atomic E-state index is 13.1. The van der Waals surface area contributed by atoms with Crippen molar-refractivity contribution in [1.82, 2.24) is 0 Å². The highest BCUT2D eigenvalue weighted by molar-refractivity contribution is 5.96. The van der Waals surface area contributed by atoms with Gasteiger partial charge in [0.05, 0.1) is 19.2 Å². The van der Waals surface area contributed by atoms with Crippen LogP contribution in [0.2, 0.25) is 0 Å². The van der Waals surface area contributed by atoms with Crippen molar-refractivity contribution in [3.8, 4) is 5.75 Å². The molecule has 0 aliphatic heterocycles. The van der Waals surface area contributed by atoms with Crippen molar-refractivity contribution in [3.05, 3.63) is 59.9 Å². The second-order valence-electron chi connectivity index (χ2n) is 5.13. The molecule has 126 valence electrons. The molecular formula is C18H18FNO4. The zero-order valence-electron chi connectivity index (χ0n) is 13.4. The van der Waals surface area contributed by atoms with E-state index in [2.05, 4.69) is 5.32 Å². The fourth-order valence-corrected chi connectivity index (χ4v) is 2.09. The van der Waals surface area contributed by atoms with Crippen molar-refractivity contribution in [2.24, 2.45) is 0 Å². The van der Waals surface area contributed by atoms with E-state index in [4.69, 9.17) is 9.47 Å². The Hall–Kier alpha value is -2.89. The number of hydrogen-bond donors (Lipinski definition) is 1. The molecule has 2 aromatic carbocycles. The first kappa shape index (κ1) is 17.5. The molecule has 24 heavy (non-hydrogen) atoms. The van der Waals surface area contributed by atoms with Crippen molar-refractivity contribution in [2.45, 2.75) is 19.4 Å². The molecule has 6 heteroatoms. The lowest BCUT2D eigenvalue weighted by Crippen LogP contribution is -2.30. The Morgan fingerprint density at radius 1 is 1.17 bits per heavy atom. The van der Waals surface area contributed by atoms with Gasteiger partial charge < -0.3 is 14.8 Å². The minimum atomic E-state index is -0.990. The predicted molar refractivity (Wildman–Crippen MR) is 87.3 cm³/mol. The van der Waals surface area contributed by atoms with Crippen LogP contribution in [0.15, 0.2) is 48.5 Å². The molecule has 0 spiro atoms. The predicted octanol–water partition coefficient (Wildman–Crippen LogP) is 2.95. The summed E-state index contributed by atoms with van der Waals surface area (Å²) in [6.45, 7) is 1.47. The highest BCUT2D eigenvalue weighted by Crippen LogP contribution is 2.23. The van der Waals surface area contributed by atoms with Gasteiger partial charge >= 0.3 is 5.97 Å². The minimum absolute atomic E-state index is 0.107. The largest absolute Gasteiger partial charge is 0.495 e. The number of carbonyl (C=O) groups is 2. The molecule has 1 atom stereocenters.